The molecule has 0 spiro atoms. The molecule has 1 fully saturated rings. The molecule has 4 heteroatoms. The van der Waals surface area contributed by atoms with Gasteiger partial charge in [-0.05, 0) is 48.5 Å². The summed E-state index contributed by atoms with van der Waals surface area (Å²) in [6.45, 7) is 0.745. The van der Waals surface area contributed by atoms with Gasteiger partial charge in [0.25, 0.3) is 5.91 Å². The Labute approximate surface area is 106 Å². The van der Waals surface area contributed by atoms with Gasteiger partial charge in [0.1, 0.15) is 5.75 Å². The number of hydrogen-bond donors (Lipinski definition) is 2. The summed E-state index contributed by atoms with van der Waals surface area (Å²) < 4.78 is 0. The van der Waals surface area contributed by atoms with Crippen molar-refractivity contribution in [3.8, 4) is 5.75 Å². The summed E-state index contributed by atoms with van der Waals surface area (Å²) in [5, 5.41) is 12.2. The van der Waals surface area contributed by atoms with Gasteiger partial charge in [0.15, 0.2) is 0 Å². The molecule has 0 aliphatic carbocycles. The SMILES string of the molecule is O=C(NCC1CCSCC1)c1cccc(O)c1. The molecule has 1 aliphatic heterocycles. The molecule has 1 saturated heterocycles. The highest BCUT2D eigenvalue weighted by atomic mass is 32.2. The second-order valence-electron chi connectivity index (χ2n) is 4.32. The molecule has 1 heterocycles. The fraction of sp³-hybridized carbons (Fsp3) is 0.462. The number of benzene rings is 1. The Kier molecular flexibility index (Phi) is 4.31. The van der Waals surface area contributed by atoms with E-state index in [0.29, 0.717) is 11.5 Å². The van der Waals surface area contributed by atoms with Crippen LogP contribution in [0, 0.1) is 5.92 Å². The number of nitrogens with one attached hydrogen (secondary N) is 1. The van der Waals surface area contributed by atoms with Crippen molar-refractivity contribution in [2.45, 2.75) is 12.8 Å². The van der Waals surface area contributed by atoms with Gasteiger partial charge >= 0.3 is 0 Å². The van der Waals surface area contributed by atoms with Gasteiger partial charge in [0, 0.05) is 12.1 Å². The maximum absolute atomic E-state index is 11.8. The number of phenols is 1. The van der Waals surface area contributed by atoms with Crippen molar-refractivity contribution in [1.29, 1.82) is 0 Å². The first-order chi connectivity index (χ1) is 8.25. The quantitative estimate of drug-likeness (QED) is 0.866. The number of carbonyl (C=O) groups excluding carboxylic acids is 1. The molecule has 0 unspecified atom stereocenters. The monoisotopic (exact) mass is 251 g/mol. The van der Waals surface area contributed by atoms with Gasteiger partial charge in [0.05, 0.1) is 0 Å². The Balaban J connectivity index is 1.84. The normalized spacial score (nSPS) is 16.7. The molecule has 0 saturated carbocycles. The van der Waals surface area contributed by atoms with Crippen LogP contribution >= 0.6 is 11.8 Å². The molecule has 2 N–H and O–H groups in total. The summed E-state index contributed by atoms with van der Waals surface area (Å²) in [6, 6.07) is 6.45. The van der Waals surface area contributed by atoms with Crippen LogP contribution in [0.1, 0.15) is 23.2 Å². The second-order valence-corrected chi connectivity index (χ2v) is 5.54. The maximum atomic E-state index is 11.8. The van der Waals surface area contributed by atoms with Crippen LogP contribution in [0.2, 0.25) is 0 Å². The molecule has 1 aromatic carbocycles. The van der Waals surface area contributed by atoms with Gasteiger partial charge in [-0.25, -0.2) is 0 Å². The van der Waals surface area contributed by atoms with Crippen LogP contribution in [0.5, 0.6) is 5.75 Å². The largest absolute Gasteiger partial charge is 0.508 e. The summed E-state index contributed by atoms with van der Waals surface area (Å²) in [6.07, 6.45) is 2.37. The van der Waals surface area contributed by atoms with Gasteiger partial charge in [-0.15, -0.1) is 0 Å². The predicted octanol–water partition coefficient (Wildman–Crippen LogP) is 2.27. The lowest BCUT2D eigenvalue weighted by molar-refractivity contribution is 0.0946. The third-order valence-corrected chi connectivity index (χ3v) is 4.05. The molecule has 0 atom stereocenters. The highest BCUT2D eigenvalue weighted by molar-refractivity contribution is 7.99. The van der Waals surface area contributed by atoms with Crippen molar-refractivity contribution in [3.05, 3.63) is 29.8 Å². The molecular weight excluding hydrogens is 234 g/mol. The van der Waals surface area contributed by atoms with Crippen LogP contribution in [0.4, 0.5) is 0 Å². The summed E-state index contributed by atoms with van der Waals surface area (Å²) in [5.74, 6) is 3.04. The van der Waals surface area contributed by atoms with E-state index >= 15 is 0 Å². The molecule has 1 aromatic rings. The van der Waals surface area contributed by atoms with Gasteiger partial charge < -0.3 is 10.4 Å². The lowest BCUT2D eigenvalue weighted by atomic mass is 10.0. The van der Waals surface area contributed by atoms with Crippen molar-refractivity contribution in [2.75, 3.05) is 18.1 Å². The van der Waals surface area contributed by atoms with Crippen molar-refractivity contribution < 1.29 is 9.90 Å². The van der Waals surface area contributed by atoms with Gasteiger partial charge in [-0.2, -0.15) is 11.8 Å². The third-order valence-electron chi connectivity index (χ3n) is 3.00. The van der Waals surface area contributed by atoms with Gasteiger partial charge in [-0.3, -0.25) is 4.79 Å². The minimum Gasteiger partial charge on any atom is -0.508 e. The number of thioether (sulfide) groups is 1. The standard InChI is InChI=1S/C13H17NO2S/c15-12-3-1-2-11(8-12)13(16)14-9-10-4-6-17-7-5-10/h1-3,8,10,15H,4-7,9H2,(H,14,16). The van der Waals surface area contributed by atoms with Crippen LogP contribution in [-0.4, -0.2) is 29.1 Å². The maximum Gasteiger partial charge on any atom is 0.251 e. The highest BCUT2D eigenvalue weighted by Crippen LogP contribution is 2.22. The lowest BCUT2D eigenvalue weighted by Crippen LogP contribution is -2.30. The first kappa shape index (κ1) is 12.3. The molecular formula is C13H17NO2S. The zero-order valence-electron chi connectivity index (χ0n) is 9.69. The Bertz CT molecular complexity index is 389. The molecule has 0 aromatic heterocycles. The molecule has 1 aliphatic rings. The van der Waals surface area contributed by atoms with E-state index in [0.717, 1.165) is 6.54 Å². The van der Waals surface area contributed by atoms with Crippen molar-refractivity contribution in [3.63, 3.8) is 0 Å². The van der Waals surface area contributed by atoms with Crippen LogP contribution in [-0.2, 0) is 0 Å². The minimum atomic E-state index is -0.0980. The second kappa shape index (κ2) is 5.96. The average Bonchev–Trinajstić information content (AvgIpc) is 2.37. The van der Waals surface area contributed by atoms with Crippen molar-refractivity contribution >= 4 is 17.7 Å². The summed E-state index contributed by atoms with van der Waals surface area (Å²) in [5.41, 5.74) is 0.523. The number of hydrogen-bond acceptors (Lipinski definition) is 3. The van der Waals surface area contributed by atoms with Gasteiger partial charge in [0.2, 0.25) is 0 Å². The van der Waals surface area contributed by atoms with E-state index in [4.69, 9.17) is 0 Å². The first-order valence-corrected chi connectivity index (χ1v) is 7.06. The highest BCUT2D eigenvalue weighted by Gasteiger charge is 2.15. The van der Waals surface area contributed by atoms with E-state index in [9.17, 15) is 9.90 Å². The summed E-state index contributed by atoms with van der Waals surface area (Å²) in [7, 11) is 0. The lowest BCUT2D eigenvalue weighted by Gasteiger charge is -2.21. The molecule has 3 nitrogen and oxygen atoms in total. The van der Waals surface area contributed by atoms with Gasteiger partial charge in [-0.1, -0.05) is 6.07 Å². The topological polar surface area (TPSA) is 49.3 Å². The van der Waals surface area contributed by atoms with E-state index in [1.54, 1.807) is 18.2 Å². The minimum absolute atomic E-state index is 0.0980. The molecule has 17 heavy (non-hydrogen) atoms. The predicted molar refractivity (Wildman–Crippen MR) is 70.5 cm³/mol. The number of aromatic hydroxyl groups is 1. The molecule has 2 rings (SSSR count). The number of phenolic OH excluding ortho intramolecular Hbond substituents is 1. The van der Waals surface area contributed by atoms with E-state index in [2.05, 4.69) is 5.32 Å². The Morgan fingerprint density at radius 3 is 2.88 bits per heavy atom. The smallest absolute Gasteiger partial charge is 0.251 e. The van der Waals surface area contributed by atoms with E-state index in [-0.39, 0.29) is 11.7 Å². The molecule has 0 radical (unpaired) electrons. The van der Waals surface area contributed by atoms with Crippen LogP contribution < -0.4 is 5.32 Å². The zero-order valence-corrected chi connectivity index (χ0v) is 10.5. The van der Waals surface area contributed by atoms with Crippen LogP contribution in [0.25, 0.3) is 0 Å². The van der Waals surface area contributed by atoms with Crippen molar-refractivity contribution in [1.82, 2.24) is 5.32 Å². The summed E-state index contributed by atoms with van der Waals surface area (Å²) >= 11 is 1.99. The fourth-order valence-corrected chi connectivity index (χ4v) is 3.14. The molecule has 0 bridgehead atoms. The molecule has 92 valence electrons. The van der Waals surface area contributed by atoms with E-state index < -0.39 is 0 Å². The Hall–Kier alpha value is -1.16. The van der Waals surface area contributed by atoms with Crippen LogP contribution in [0.3, 0.4) is 0 Å². The fourth-order valence-electron chi connectivity index (χ4n) is 1.94. The van der Waals surface area contributed by atoms with Crippen LogP contribution in [0.15, 0.2) is 24.3 Å². The van der Waals surface area contributed by atoms with E-state index in [1.165, 1.54) is 30.4 Å². The number of amides is 1. The molecule has 1 amide bonds. The summed E-state index contributed by atoms with van der Waals surface area (Å²) in [4.78, 5) is 11.8. The third kappa shape index (κ3) is 3.66. The van der Waals surface area contributed by atoms with E-state index in [1.807, 2.05) is 11.8 Å². The Morgan fingerprint density at radius 1 is 1.41 bits per heavy atom. The number of rotatable bonds is 3. The number of carbonyl (C=O) groups is 1. The Morgan fingerprint density at radius 2 is 2.18 bits per heavy atom. The first-order valence-electron chi connectivity index (χ1n) is 5.90. The average molecular weight is 251 g/mol. The zero-order chi connectivity index (χ0) is 12.1. The van der Waals surface area contributed by atoms with Crippen molar-refractivity contribution in [2.24, 2.45) is 5.92 Å².